The summed E-state index contributed by atoms with van der Waals surface area (Å²) in [4.78, 5) is 0. The Balaban J connectivity index is 2.24. The van der Waals surface area contributed by atoms with E-state index in [2.05, 4.69) is 44.7 Å². The number of unbranched alkanes of at least 4 members (excludes halogenated alkanes) is 3. The van der Waals surface area contributed by atoms with Gasteiger partial charge < -0.3 is 4.74 Å². The van der Waals surface area contributed by atoms with Crippen molar-refractivity contribution in [1.82, 2.24) is 0 Å². The van der Waals surface area contributed by atoms with Crippen molar-refractivity contribution < 1.29 is 4.74 Å². The second-order valence-corrected chi connectivity index (χ2v) is 4.63. The van der Waals surface area contributed by atoms with Crippen LogP contribution in [-0.2, 0) is 0 Å². The van der Waals surface area contributed by atoms with Crippen LogP contribution in [0.2, 0.25) is 0 Å². The minimum Gasteiger partial charge on any atom is -0.493 e. The summed E-state index contributed by atoms with van der Waals surface area (Å²) in [5.74, 6) is 2.03. The highest BCUT2D eigenvalue weighted by atomic mass is 32.1. The highest BCUT2D eigenvalue weighted by molar-refractivity contribution is 7.80. The van der Waals surface area contributed by atoms with Gasteiger partial charge in [-0.2, -0.15) is 12.6 Å². The van der Waals surface area contributed by atoms with E-state index in [0.717, 1.165) is 24.5 Å². The number of aryl methyl sites for hydroxylation is 1. The predicted molar refractivity (Wildman–Crippen MR) is 73.7 cm³/mol. The van der Waals surface area contributed by atoms with Gasteiger partial charge in [-0.3, -0.25) is 0 Å². The zero-order valence-electron chi connectivity index (χ0n) is 10.3. The van der Waals surface area contributed by atoms with Crippen LogP contribution in [0, 0.1) is 13.8 Å². The normalized spacial score (nSPS) is 10.4. The maximum Gasteiger partial charge on any atom is 0.122 e. The zero-order chi connectivity index (χ0) is 11.8. The SMILES string of the molecule is Cc1cccc(OCCCCCCS)c1C. The first-order valence-electron chi connectivity index (χ1n) is 6.05. The molecule has 0 atom stereocenters. The van der Waals surface area contributed by atoms with E-state index < -0.39 is 0 Å². The highest BCUT2D eigenvalue weighted by Crippen LogP contribution is 2.20. The van der Waals surface area contributed by atoms with Gasteiger partial charge in [0.2, 0.25) is 0 Å². The van der Waals surface area contributed by atoms with Gasteiger partial charge >= 0.3 is 0 Å². The Morgan fingerprint density at radius 2 is 1.81 bits per heavy atom. The molecule has 0 spiro atoms. The fourth-order valence-electron chi connectivity index (χ4n) is 1.63. The third-order valence-corrected chi connectivity index (χ3v) is 3.18. The number of hydrogen-bond donors (Lipinski definition) is 1. The third-order valence-electron chi connectivity index (χ3n) is 2.86. The molecule has 0 aliphatic heterocycles. The van der Waals surface area contributed by atoms with E-state index in [1.165, 1.54) is 30.4 Å². The molecule has 1 nitrogen and oxygen atoms in total. The Bertz CT molecular complexity index is 310. The van der Waals surface area contributed by atoms with E-state index in [-0.39, 0.29) is 0 Å². The van der Waals surface area contributed by atoms with Crippen molar-refractivity contribution in [2.45, 2.75) is 39.5 Å². The molecular weight excluding hydrogens is 216 g/mol. The van der Waals surface area contributed by atoms with E-state index in [1.54, 1.807) is 0 Å². The average Bonchev–Trinajstić information content (AvgIpc) is 2.29. The number of thiol groups is 1. The summed E-state index contributed by atoms with van der Waals surface area (Å²) in [5.41, 5.74) is 2.56. The molecule has 0 fully saturated rings. The second-order valence-electron chi connectivity index (χ2n) is 4.18. The lowest BCUT2D eigenvalue weighted by Gasteiger charge is -2.10. The van der Waals surface area contributed by atoms with Crippen LogP contribution >= 0.6 is 12.6 Å². The summed E-state index contributed by atoms with van der Waals surface area (Å²) in [6.45, 7) is 5.07. The van der Waals surface area contributed by atoms with Crippen LogP contribution in [0.15, 0.2) is 18.2 Å². The maximum absolute atomic E-state index is 5.78. The van der Waals surface area contributed by atoms with Gasteiger partial charge in [-0.15, -0.1) is 0 Å². The molecule has 0 aliphatic rings. The summed E-state index contributed by atoms with van der Waals surface area (Å²) in [5, 5.41) is 0. The number of hydrogen-bond acceptors (Lipinski definition) is 2. The monoisotopic (exact) mass is 238 g/mol. The van der Waals surface area contributed by atoms with Gasteiger partial charge in [0.1, 0.15) is 5.75 Å². The van der Waals surface area contributed by atoms with Crippen LogP contribution in [-0.4, -0.2) is 12.4 Å². The van der Waals surface area contributed by atoms with E-state index in [1.807, 2.05) is 0 Å². The van der Waals surface area contributed by atoms with Crippen LogP contribution in [0.1, 0.15) is 36.8 Å². The molecule has 0 aromatic heterocycles. The highest BCUT2D eigenvalue weighted by Gasteiger charge is 2.00. The first-order valence-corrected chi connectivity index (χ1v) is 6.69. The van der Waals surface area contributed by atoms with Crippen molar-refractivity contribution in [3.05, 3.63) is 29.3 Å². The van der Waals surface area contributed by atoms with E-state index in [0.29, 0.717) is 0 Å². The van der Waals surface area contributed by atoms with Crippen molar-refractivity contribution in [3.8, 4) is 5.75 Å². The Morgan fingerprint density at radius 3 is 2.56 bits per heavy atom. The molecule has 1 aromatic rings. The van der Waals surface area contributed by atoms with Crippen LogP contribution in [0.3, 0.4) is 0 Å². The molecule has 2 heteroatoms. The van der Waals surface area contributed by atoms with Crippen molar-refractivity contribution in [2.75, 3.05) is 12.4 Å². The van der Waals surface area contributed by atoms with Crippen molar-refractivity contribution >= 4 is 12.6 Å². The third kappa shape index (κ3) is 4.48. The first-order chi connectivity index (χ1) is 7.75. The Labute approximate surface area is 105 Å². The lowest BCUT2D eigenvalue weighted by atomic mass is 10.1. The standard InChI is InChI=1S/C14H22OS/c1-12-8-7-9-14(13(12)2)15-10-5-3-4-6-11-16/h7-9,16H,3-6,10-11H2,1-2H3. The number of rotatable bonds is 7. The average molecular weight is 238 g/mol. The van der Waals surface area contributed by atoms with Crippen LogP contribution < -0.4 is 4.74 Å². The summed E-state index contributed by atoms with van der Waals surface area (Å²) in [6, 6.07) is 6.23. The zero-order valence-corrected chi connectivity index (χ0v) is 11.2. The van der Waals surface area contributed by atoms with Crippen molar-refractivity contribution in [3.63, 3.8) is 0 Å². The summed E-state index contributed by atoms with van der Waals surface area (Å²) in [6.07, 6.45) is 4.86. The van der Waals surface area contributed by atoms with E-state index >= 15 is 0 Å². The predicted octanol–water partition coefficient (Wildman–Crippen LogP) is 4.17. The number of benzene rings is 1. The minimum absolute atomic E-state index is 0.830. The van der Waals surface area contributed by atoms with E-state index in [9.17, 15) is 0 Å². The molecule has 90 valence electrons. The Morgan fingerprint density at radius 1 is 1.06 bits per heavy atom. The van der Waals surface area contributed by atoms with Crippen LogP contribution in [0.4, 0.5) is 0 Å². The molecule has 0 unspecified atom stereocenters. The lowest BCUT2D eigenvalue weighted by Crippen LogP contribution is -1.99. The lowest BCUT2D eigenvalue weighted by molar-refractivity contribution is 0.303. The van der Waals surface area contributed by atoms with E-state index in [4.69, 9.17) is 4.74 Å². The number of ether oxygens (including phenoxy) is 1. The van der Waals surface area contributed by atoms with Gasteiger partial charge in [0, 0.05) is 0 Å². The second kappa shape index (κ2) is 7.61. The molecule has 0 heterocycles. The Hall–Kier alpha value is -0.630. The maximum atomic E-state index is 5.78. The van der Waals surface area contributed by atoms with Gasteiger partial charge in [-0.05, 0) is 49.6 Å². The van der Waals surface area contributed by atoms with Crippen LogP contribution in [0.5, 0.6) is 5.75 Å². The summed E-state index contributed by atoms with van der Waals surface area (Å²) >= 11 is 4.20. The molecule has 1 aromatic carbocycles. The molecule has 16 heavy (non-hydrogen) atoms. The van der Waals surface area contributed by atoms with Crippen molar-refractivity contribution in [2.24, 2.45) is 0 Å². The molecule has 0 bridgehead atoms. The quantitative estimate of drug-likeness (QED) is 0.554. The summed E-state index contributed by atoms with van der Waals surface area (Å²) < 4.78 is 5.78. The van der Waals surface area contributed by atoms with Gasteiger partial charge in [0.05, 0.1) is 6.61 Å². The minimum atomic E-state index is 0.830. The van der Waals surface area contributed by atoms with Gasteiger partial charge in [-0.1, -0.05) is 25.0 Å². The molecule has 0 aliphatic carbocycles. The molecule has 0 amide bonds. The van der Waals surface area contributed by atoms with Crippen molar-refractivity contribution in [1.29, 1.82) is 0 Å². The fraction of sp³-hybridized carbons (Fsp3) is 0.571. The molecule has 0 saturated carbocycles. The molecular formula is C14H22OS. The van der Waals surface area contributed by atoms with Gasteiger partial charge in [-0.25, -0.2) is 0 Å². The summed E-state index contributed by atoms with van der Waals surface area (Å²) in [7, 11) is 0. The van der Waals surface area contributed by atoms with Crippen LogP contribution in [0.25, 0.3) is 0 Å². The molecule has 0 N–H and O–H groups in total. The largest absolute Gasteiger partial charge is 0.493 e. The molecule has 0 saturated heterocycles. The fourth-order valence-corrected chi connectivity index (χ4v) is 1.85. The smallest absolute Gasteiger partial charge is 0.122 e. The topological polar surface area (TPSA) is 9.23 Å². The van der Waals surface area contributed by atoms with Gasteiger partial charge in [0.25, 0.3) is 0 Å². The Kier molecular flexibility index (Phi) is 6.39. The molecule has 1 rings (SSSR count). The van der Waals surface area contributed by atoms with Gasteiger partial charge in [0.15, 0.2) is 0 Å². The molecule has 0 radical (unpaired) electrons. The first kappa shape index (κ1) is 13.4.